The van der Waals surface area contributed by atoms with E-state index in [2.05, 4.69) is 0 Å². The second kappa shape index (κ2) is 4.30. The van der Waals surface area contributed by atoms with Gasteiger partial charge in [0.25, 0.3) is 5.91 Å². The van der Waals surface area contributed by atoms with E-state index in [9.17, 15) is 9.90 Å². The monoisotopic (exact) mass is 199 g/mol. The molecule has 0 aromatic heterocycles. The zero-order valence-corrected chi connectivity index (χ0v) is 9.42. The molecule has 0 radical (unpaired) electrons. The molecule has 1 N–H and O–H groups in total. The predicted molar refractivity (Wildman–Crippen MR) is 55.9 cm³/mol. The number of hydrogen-bond acceptors (Lipinski definition) is 2. The third kappa shape index (κ3) is 2.47. The molecule has 14 heavy (non-hydrogen) atoms. The van der Waals surface area contributed by atoms with Gasteiger partial charge in [0.1, 0.15) is 5.60 Å². The summed E-state index contributed by atoms with van der Waals surface area (Å²) in [6.45, 7) is 5.80. The van der Waals surface area contributed by atoms with E-state index in [4.69, 9.17) is 0 Å². The Kier molecular flexibility index (Phi) is 3.53. The van der Waals surface area contributed by atoms with E-state index < -0.39 is 5.60 Å². The van der Waals surface area contributed by atoms with Gasteiger partial charge in [0, 0.05) is 12.6 Å². The SMILES string of the molecule is CCN(C(=O)C(C)(C)O)C1CCCC1. The average molecular weight is 199 g/mol. The molecule has 0 aliphatic heterocycles. The molecule has 0 aromatic rings. The normalized spacial score (nSPS) is 18.6. The van der Waals surface area contributed by atoms with Crippen molar-refractivity contribution in [3.63, 3.8) is 0 Å². The van der Waals surface area contributed by atoms with Crippen LogP contribution in [-0.2, 0) is 4.79 Å². The van der Waals surface area contributed by atoms with Crippen molar-refractivity contribution < 1.29 is 9.90 Å². The highest BCUT2D eigenvalue weighted by atomic mass is 16.3. The third-order valence-electron chi connectivity index (χ3n) is 2.89. The van der Waals surface area contributed by atoms with Gasteiger partial charge in [0.2, 0.25) is 0 Å². The molecule has 0 saturated heterocycles. The first kappa shape index (κ1) is 11.5. The molecule has 0 heterocycles. The third-order valence-corrected chi connectivity index (χ3v) is 2.89. The summed E-state index contributed by atoms with van der Waals surface area (Å²) in [5.74, 6) is -0.132. The van der Waals surface area contributed by atoms with Crippen LogP contribution in [0.4, 0.5) is 0 Å². The smallest absolute Gasteiger partial charge is 0.254 e. The molecule has 0 atom stereocenters. The molecule has 3 nitrogen and oxygen atoms in total. The molecule has 1 aliphatic rings. The van der Waals surface area contributed by atoms with Crippen LogP contribution in [0, 0.1) is 0 Å². The van der Waals surface area contributed by atoms with Gasteiger partial charge in [0.15, 0.2) is 0 Å². The lowest BCUT2D eigenvalue weighted by molar-refractivity contribution is -0.150. The molecule has 82 valence electrons. The van der Waals surface area contributed by atoms with Crippen molar-refractivity contribution in [1.29, 1.82) is 0 Å². The molecule has 1 saturated carbocycles. The van der Waals surface area contributed by atoms with Crippen molar-refractivity contribution in [2.45, 2.75) is 58.1 Å². The summed E-state index contributed by atoms with van der Waals surface area (Å²) in [5.41, 5.74) is -1.22. The van der Waals surface area contributed by atoms with Gasteiger partial charge in [-0.1, -0.05) is 12.8 Å². The summed E-state index contributed by atoms with van der Waals surface area (Å²) in [5, 5.41) is 9.66. The lowest BCUT2D eigenvalue weighted by Gasteiger charge is -2.32. The Morgan fingerprint density at radius 2 is 1.93 bits per heavy atom. The van der Waals surface area contributed by atoms with Gasteiger partial charge in [-0.3, -0.25) is 4.79 Å². The van der Waals surface area contributed by atoms with Crippen molar-refractivity contribution in [3.05, 3.63) is 0 Å². The number of amides is 1. The molecule has 0 aromatic carbocycles. The van der Waals surface area contributed by atoms with Crippen LogP contribution >= 0.6 is 0 Å². The Bertz CT molecular complexity index is 202. The maximum atomic E-state index is 11.9. The van der Waals surface area contributed by atoms with E-state index in [1.54, 1.807) is 13.8 Å². The zero-order chi connectivity index (χ0) is 10.8. The minimum atomic E-state index is -1.22. The van der Waals surface area contributed by atoms with E-state index in [1.165, 1.54) is 12.8 Å². The van der Waals surface area contributed by atoms with Gasteiger partial charge in [-0.05, 0) is 33.6 Å². The minimum Gasteiger partial charge on any atom is -0.381 e. The Morgan fingerprint density at radius 1 is 1.43 bits per heavy atom. The summed E-state index contributed by atoms with van der Waals surface area (Å²) in [4.78, 5) is 13.7. The van der Waals surface area contributed by atoms with Gasteiger partial charge in [-0.2, -0.15) is 0 Å². The highest BCUT2D eigenvalue weighted by Gasteiger charge is 2.33. The molecule has 1 rings (SSSR count). The second-order valence-corrected chi connectivity index (χ2v) is 4.59. The molecule has 1 fully saturated rings. The van der Waals surface area contributed by atoms with E-state index >= 15 is 0 Å². The van der Waals surface area contributed by atoms with Gasteiger partial charge in [-0.15, -0.1) is 0 Å². The summed E-state index contributed by atoms with van der Waals surface area (Å²) in [7, 11) is 0. The Balaban J connectivity index is 2.65. The van der Waals surface area contributed by atoms with Crippen molar-refractivity contribution >= 4 is 5.91 Å². The first-order chi connectivity index (χ1) is 6.46. The number of carbonyl (C=O) groups is 1. The number of hydrogen-bond donors (Lipinski definition) is 1. The fourth-order valence-corrected chi connectivity index (χ4v) is 2.14. The topological polar surface area (TPSA) is 40.5 Å². The maximum absolute atomic E-state index is 11.9. The van der Waals surface area contributed by atoms with Gasteiger partial charge < -0.3 is 10.0 Å². The molecule has 0 unspecified atom stereocenters. The van der Waals surface area contributed by atoms with Crippen molar-refractivity contribution in [1.82, 2.24) is 4.90 Å². The molecule has 0 bridgehead atoms. The summed E-state index contributed by atoms with van der Waals surface area (Å²) in [6, 6.07) is 0.360. The van der Waals surface area contributed by atoms with Crippen LogP contribution in [0.5, 0.6) is 0 Å². The van der Waals surface area contributed by atoms with Crippen LogP contribution in [0.2, 0.25) is 0 Å². The van der Waals surface area contributed by atoms with E-state index in [1.807, 2.05) is 11.8 Å². The molecular weight excluding hydrogens is 178 g/mol. The second-order valence-electron chi connectivity index (χ2n) is 4.59. The van der Waals surface area contributed by atoms with Gasteiger partial charge >= 0.3 is 0 Å². The maximum Gasteiger partial charge on any atom is 0.254 e. The quantitative estimate of drug-likeness (QED) is 0.749. The number of carbonyl (C=O) groups excluding carboxylic acids is 1. The van der Waals surface area contributed by atoms with Crippen LogP contribution in [0.3, 0.4) is 0 Å². The molecular formula is C11H21NO2. The fourth-order valence-electron chi connectivity index (χ4n) is 2.14. The number of likely N-dealkylation sites (N-methyl/N-ethyl adjacent to an activating group) is 1. The van der Waals surface area contributed by atoms with Crippen LogP contribution in [0.25, 0.3) is 0 Å². The van der Waals surface area contributed by atoms with Crippen LogP contribution < -0.4 is 0 Å². The lowest BCUT2D eigenvalue weighted by Crippen LogP contribution is -2.49. The van der Waals surface area contributed by atoms with Gasteiger partial charge in [-0.25, -0.2) is 0 Å². The number of nitrogens with zero attached hydrogens (tertiary/aromatic N) is 1. The first-order valence-electron chi connectivity index (χ1n) is 5.50. The van der Waals surface area contributed by atoms with Crippen LogP contribution in [0.1, 0.15) is 46.5 Å². The molecule has 1 amide bonds. The standard InChI is InChI=1S/C11H21NO2/c1-4-12(9-7-5-6-8-9)10(13)11(2,3)14/h9,14H,4-8H2,1-3H3. The van der Waals surface area contributed by atoms with Gasteiger partial charge in [0.05, 0.1) is 0 Å². The van der Waals surface area contributed by atoms with E-state index in [0.29, 0.717) is 12.6 Å². The van der Waals surface area contributed by atoms with Crippen molar-refractivity contribution in [3.8, 4) is 0 Å². The minimum absolute atomic E-state index is 0.132. The molecule has 0 spiro atoms. The van der Waals surface area contributed by atoms with Crippen LogP contribution in [-0.4, -0.2) is 34.1 Å². The van der Waals surface area contributed by atoms with Crippen molar-refractivity contribution in [2.24, 2.45) is 0 Å². The van der Waals surface area contributed by atoms with Crippen molar-refractivity contribution in [2.75, 3.05) is 6.54 Å². The highest BCUT2D eigenvalue weighted by molar-refractivity contribution is 5.84. The zero-order valence-electron chi connectivity index (χ0n) is 9.42. The first-order valence-corrected chi connectivity index (χ1v) is 5.50. The predicted octanol–water partition coefficient (Wildman–Crippen LogP) is 1.55. The fraction of sp³-hybridized carbons (Fsp3) is 0.909. The Hall–Kier alpha value is -0.570. The Labute approximate surface area is 86.1 Å². The van der Waals surface area contributed by atoms with E-state index in [0.717, 1.165) is 12.8 Å². The summed E-state index contributed by atoms with van der Waals surface area (Å²) >= 11 is 0. The average Bonchev–Trinajstić information content (AvgIpc) is 2.57. The van der Waals surface area contributed by atoms with E-state index in [-0.39, 0.29) is 5.91 Å². The Morgan fingerprint density at radius 3 is 2.29 bits per heavy atom. The lowest BCUT2D eigenvalue weighted by atomic mass is 10.1. The molecule has 1 aliphatic carbocycles. The largest absolute Gasteiger partial charge is 0.381 e. The summed E-state index contributed by atoms with van der Waals surface area (Å²) in [6.07, 6.45) is 4.60. The number of aliphatic hydroxyl groups is 1. The number of rotatable bonds is 3. The summed E-state index contributed by atoms with van der Waals surface area (Å²) < 4.78 is 0. The molecule has 3 heteroatoms. The highest BCUT2D eigenvalue weighted by Crippen LogP contribution is 2.25. The van der Waals surface area contributed by atoms with Crippen LogP contribution in [0.15, 0.2) is 0 Å².